The van der Waals surface area contributed by atoms with Crippen LogP contribution in [0.1, 0.15) is 33.4 Å². The molecule has 23 heavy (non-hydrogen) atoms. The Morgan fingerprint density at radius 1 is 1.35 bits per heavy atom. The van der Waals surface area contributed by atoms with Crippen LogP contribution in [0, 0.1) is 6.92 Å². The number of amides is 1. The highest BCUT2D eigenvalue weighted by molar-refractivity contribution is 6.34. The van der Waals surface area contributed by atoms with Crippen molar-refractivity contribution in [3.8, 4) is 0 Å². The summed E-state index contributed by atoms with van der Waals surface area (Å²) in [6.45, 7) is 2.07. The lowest BCUT2D eigenvalue weighted by Crippen LogP contribution is -2.43. The highest BCUT2D eigenvalue weighted by Crippen LogP contribution is 2.32. The first-order valence-corrected chi connectivity index (χ1v) is 7.60. The largest absolute Gasteiger partial charge is 0.479 e. The summed E-state index contributed by atoms with van der Waals surface area (Å²) in [7, 11) is 1.69. The predicted octanol–water partition coefficient (Wildman–Crippen LogP) is 2.21. The highest BCUT2D eigenvalue weighted by Gasteiger charge is 2.37. The Balaban J connectivity index is 2.03. The van der Waals surface area contributed by atoms with Crippen molar-refractivity contribution in [2.45, 2.75) is 19.4 Å². The minimum absolute atomic E-state index is 0.0947. The van der Waals surface area contributed by atoms with Crippen LogP contribution in [-0.4, -0.2) is 38.2 Å². The van der Waals surface area contributed by atoms with Crippen LogP contribution in [0.4, 0.5) is 0 Å². The lowest BCUT2D eigenvalue weighted by Gasteiger charge is -2.34. The zero-order chi connectivity index (χ0) is 16.7. The van der Waals surface area contributed by atoms with E-state index in [0.29, 0.717) is 24.2 Å². The zero-order valence-electron chi connectivity index (χ0n) is 12.8. The molecule has 1 N–H and O–H groups in total. The van der Waals surface area contributed by atoms with E-state index in [1.807, 2.05) is 12.1 Å². The normalized spacial score (nSPS) is 17.0. The Kier molecular flexibility index (Phi) is 3.85. The minimum Gasteiger partial charge on any atom is -0.479 e. The van der Waals surface area contributed by atoms with Gasteiger partial charge in [-0.25, -0.2) is 4.79 Å². The van der Waals surface area contributed by atoms with Crippen molar-refractivity contribution in [1.29, 1.82) is 0 Å². The number of aromatic nitrogens is 2. The fourth-order valence-electron chi connectivity index (χ4n) is 2.91. The summed E-state index contributed by atoms with van der Waals surface area (Å²) < 4.78 is 1.52. The van der Waals surface area contributed by atoms with E-state index in [1.54, 1.807) is 26.1 Å². The summed E-state index contributed by atoms with van der Waals surface area (Å²) in [5.41, 5.74) is 2.35. The molecule has 1 aliphatic rings. The van der Waals surface area contributed by atoms with E-state index in [4.69, 9.17) is 11.6 Å². The van der Waals surface area contributed by atoms with Gasteiger partial charge in [-0.05, 0) is 24.5 Å². The van der Waals surface area contributed by atoms with Gasteiger partial charge in [0, 0.05) is 13.6 Å². The van der Waals surface area contributed by atoms with Crippen molar-refractivity contribution >= 4 is 23.5 Å². The third-order valence-electron chi connectivity index (χ3n) is 4.24. The second-order valence-corrected chi connectivity index (χ2v) is 5.94. The monoisotopic (exact) mass is 333 g/mol. The van der Waals surface area contributed by atoms with Gasteiger partial charge in [0.2, 0.25) is 0 Å². The molecule has 0 aliphatic carbocycles. The van der Waals surface area contributed by atoms with E-state index in [2.05, 4.69) is 5.10 Å². The molecule has 0 bridgehead atoms. The second-order valence-electron chi connectivity index (χ2n) is 5.56. The number of carbonyl (C=O) groups excluding carboxylic acids is 1. The molecule has 120 valence electrons. The summed E-state index contributed by atoms with van der Waals surface area (Å²) in [5, 5.41) is 14.0. The molecular weight excluding hydrogens is 318 g/mol. The number of aliphatic carboxylic acids is 1. The number of carboxylic acids is 1. The van der Waals surface area contributed by atoms with E-state index in [0.717, 1.165) is 5.56 Å². The number of hydrogen-bond donors (Lipinski definition) is 1. The Morgan fingerprint density at radius 2 is 2.04 bits per heavy atom. The maximum absolute atomic E-state index is 12.8. The van der Waals surface area contributed by atoms with E-state index in [9.17, 15) is 14.7 Å². The number of halogens is 1. The Bertz CT molecular complexity index is 800. The van der Waals surface area contributed by atoms with Gasteiger partial charge in [-0.2, -0.15) is 5.10 Å². The minimum atomic E-state index is -1.06. The average molecular weight is 334 g/mol. The molecule has 0 fully saturated rings. The van der Waals surface area contributed by atoms with E-state index in [1.165, 1.54) is 9.58 Å². The van der Waals surface area contributed by atoms with Gasteiger partial charge in [0.15, 0.2) is 11.7 Å². The molecule has 0 saturated heterocycles. The molecule has 6 nitrogen and oxygen atoms in total. The Morgan fingerprint density at radius 3 is 2.65 bits per heavy atom. The van der Waals surface area contributed by atoms with Gasteiger partial charge in [0.25, 0.3) is 5.91 Å². The van der Waals surface area contributed by atoms with Crippen LogP contribution in [0.15, 0.2) is 24.3 Å². The first-order chi connectivity index (χ1) is 10.9. The topological polar surface area (TPSA) is 75.4 Å². The Hall–Kier alpha value is -2.34. The third-order valence-corrected chi connectivity index (χ3v) is 4.69. The summed E-state index contributed by atoms with van der Waals surface area (Å²) >= 11 is 6.18. The van der Waals surface area contributed by atoms with Crippen molar-refractivity contribution in [3.63, 3.8) is 0 Å². The van der Waals surface area contributed by atoms with Crippen molar-refractivity contribution in [2.24, 2.45) is 7.05 Å². The van der Waals surface area contributed by atoms with Gasteiger partial charge in [0.1, 0.15) is 0 Å². The molecule has 1 amide bonds. The number of carboxylic acid groups (broad SMARTS) is 1. The van der Waals surface area contributed by atoms with Crippen LogP contribution in [-0.2, 0) is 18.3 Å². The first kappa shape index (κ1) is 15.6. The SMILES string of the molecule is Cc1c(Cl)c(C(=O)N2CCc3ccccc3C2C(=O)O)nn1C. The van der Waals surface area contributed by atoms with E-state index < -0.39 is 17.9 Å². The number of aryl methyl sites for hydroxylation is 1. The van der Waals surface area contributed by atoms with Crippen molar-refractivity contribution in [3.05, 3.63) is 51.8 Å². The number of benzene rings is 1. The molecule has 1 aromatic heterocycles. The van der Waals surface area contributed by atoms with Crippen LogP contribution >= 0.6 is 11.6 Å². The molecule has 0 saturated carbocycles. The quantitative estimate of drug-likeness (QED) is 0.914. The van der Waals surface area contributed by atoms with Crippen LogP contribution in [0.5, 0.6) is 0 Å². The van der Waals surface area contributed by atoms with Crippen LogP contribution in [0.3, 0.4) is 0 Å². The summed E-state index contributed by atoms with van der Waals surface area (Å²) in [6.07, 6.45) is 0.606. The molecule has 0 spiro atoms. The standard InChI is InChI=1S/C16H16ClN3O3/c1-9-12(17)13(18-19(9)2)15(21)20-8-7-10-5-3-4-6-11(10)14(20)16(22)23/h3-6,14H,7-8H2,1-2H3,(H,22,23). The molecule has 1 unspecified atom stereocenters. The molecule has 1 atom stereocenters. The van der Waals surface area contributed by atoms with Gasteiger partial charge >= 0.3 is 5.97 Å². The second kappa shape index (κ2) is 5.70. The lowest BCUT2D eigenvalue weighted by atomic mass is 9.92. The predicted molar refractivity (Wildman–Crippen MR) is 84.5 cm³/mol. The highest BCUT2D eigenvalue weighted by atomic mass is 35.5. The molecule has 1 aromatic carbocycles. The molecule has 3 rings (SSSR count). The van der Waals surface area contributed by atoms with Crippen LogP contribution in [0.2, 0.25) is 5.02 Å². The molecule has 2 aromatic rings. The molecular formula is C16H16ClN3O3. The van der Waals surface area contributed by atoms with Gasteiger partial charge in [-0.3, -0.25) is 9.48 Å². The average Bonchev–Trinajstić information content (AvgIpc) is 2.80. The molecule has 1 aliphatic heterocycles. The van der Waals surface area contributed by atoms with Gasteiger partial charge in [-0.1, -0.05) is 35.9 Å². The smallest absolute Gasteiger partial charge is 0.331 e. The molecule has 2 heterocycles. The first-order valence-electron chi connectivity index (χ1n) is 7.22. The zero-order valence-corrected chi connectivity index (χ0v) is 13.5. The lowest BCUT2D eigenvalue weighted by molar-refractivity contribution is -0.143. The summed E-state index contributed by atoms with van der Waals surface area (Å²) in [4.78, 5) is 25.9. The maximum Gasteiger partial charge on any atom is 0.331 e. The van der Waals surface area contributed by atoms with E-state index in [-0.39, 0.29) is 10.7 Å². The molecule has 0 radical (unpaired) electrons. The molecule has 7 heteroatoms. The fraction of sp³-hybridized carbons (Fsp3) is 0.312. The number of nitrogens with zero attached hydrogens (tertiary/aromatic N) is 3. The van der Waals surface area contributed by atoms with Crippen molar-refractivity contribution in [2.75, 3.05) is 6.54 Å². The fourth-order valence-corrected chi connectivity index (χ4v) is 3.15. The van der Waals surface area contributed by atoms with E-state index >= 15 is 0 Å². The van der Waals surface area contributed by atoms with Crippen LogP contribution in [0.25, 0.3) is 0 Å². The van der Waals surface area contributed by atoms with Gasteiger partial charge in [0.05, 0.1) is 10.7 Å². The van der Waals surface area contributed by atoms with Gasteiger partial charge < -0.3 is 10.0 Å². The Labute approximate surface area is 138 Å². The maximum atomic E-state index is 12.8. The number of fused-ring (bicyclic) bond motifs is 1. The van der Waals surface area contributed by atoms with Crippen LogP contribution < -0.4 is 0 Å². The summed E-state index contributed by atoms with van der Waals surface area (Å²) in [5.74, 6) is -1.52. The third kappa shape index (κ3) is 2.49. The number of hydrogen-bond acceptors (Lipinski definition) is 3. The number of rotatable bonds is 2. The number of carbonyl (C=O) groups is 2. The summed E-state index contributed by atoms with van der Waals surface area (Å²) in [6, 6.07) is 6.27. The van der Waals surface area contributed by atoms with Crippen molar-refractivity contribution in [1.82, 2.24) is 14.7 Å². The van der Waals surface area contributed by atoms with Gasteiger partial charge in [-0.15, -0.1) is 0 Å². The van der Waals surface area contributed by atoms with Crippen molar-refractivity contribution < 1.29 is 14.7 Å².